The molecular weight excluding hydrogens is 290 g/mol. The molecule has 0 unspecified atom stereocenters. The van der Waals surface area contributed by atoms with Crippen LogP contribution in [0.15, 0.2) is 54.6 Å². The summed E-state index contributed by atoms with van der Waals surface area (Å²) in [7, 11) is -2.27. The molecule has 0 heterocycles. The Kier molecular flexibility index (Phi) is 4.59. The largest absolute Gasteiger partial charge is 0.497 e. The third-order valence-corrected chi connectivity index (χ3v) is 3.95. The normalized spacial score (nSPS) is 10.9. The van der Waals surface area contributed by atoms with Gasteiger partial charge in [-0.25, -0.2) is 8.42 Å². The molecule has 0 aromatic heterocycles. The van der Waals surface area contributed by atoms with E-state index in [0.717, 1.165) is 0 Å². The van der Waals surface area contributed by atoms with Crippen molar-refractivity contribution in [3.05, 3.63) is 60.2 Å². The first-order valence-electron chi connectivity index (χ1n) is 6.23. The summed E-state index contributed by atoms with van der Waals surface area (Å²) in [4.78, 5) is 11.9. The fourth-order valence-corrected chi connectivity index (χ4v) is 2.85. The minimum absolute atomic E-state index is 0.357. The maximum Gasteiger partial charge on any atom is 0.240 e. The molecular formula is C15H15NO4S. The zero-order valence-corrected chi connectivity index (χ0v) is 12.3. The van der Waals surface area contributed by atoms with E-state index in [1.807, 2.05) is 0 Å². The topological polar surface area (TPSA) is 72.5 Å². The van der Waals surface area contributed by atoms with Gasteiger partial charge in [0.2, 0.25) is 10.0 Å². The third kappa shape index (κ3) is 4.32. The minimum atomic E-state index is -3.76. The second-order valence-electron chi connectivity index (χ2n) is 4.38. The Hall–Kier alpha value is -2.34. The zero-order valence-electron chi connectivity index (χ0n) is 11.4. The highest BCUT2D eigenvalue weighted by Crippen LogP contribution is 2.18. The van der Waals surface area contributed by atoms with E-state index in [1.54, 1.807) is 54.6 Å². The lowest BCUT2D eigenvalue weighted by Gasteiger charge is -2.08. The first-order chi connectivity index (χ1) is 10.00. The summed E-state index contributed by atoms with van der Waals surface area (Å²) >= 11 is 0. The quantitative estimate of drug-likeness (QED) is 0.831. The molecule has 0 saturated heterocycles. The average Bonchev–Trinajstić information content (AvgIpc) is 2.47. The number of carbonyl (C=O) groups excluding carboxylic acids is 1. The highest BCUT2D eigenvalue weighted by atomic mass is 32.2. The smallest absolute Gasteiger partial charge is 0.240 e. The van der Waals surface area contributed by atoms with E-state index in [0.29, 0.717) is 17.0 Å². The van der Waals surface area contributed by atoms with E-state index in [2.05, 4.69) is 4.72 Å². The summed E-state index contributed by atoms with van der Waals surface area (Å²) < 4.78 is 31.4. The maximum absolute atomic E-state index is 12.0. The maximum atomic E-state index is 12.0. The lowest BCUT2D eigenvalue weighted by Crippen LogP contribution is -2.22. The lowest BCUT2D eigenvalue weighted by molar-refractivity contribution is 0.102. The summed E-state index contributed by atoms with van der Waals surface area (Å²) in [6.45, 7) is 0. The molecule has 0 bridgehead atoms. The summed E-state index contributed by atoms with van der Waals surface area (Å²) in [5.74, 6) is -0.524. The van der Waals surface area contributed by atoms with Gasteiger partial charge in [0.25, 0.3) is 0 Å². The van der Waals surface area contributed by atoms with Crippen LogP contribution in [0.25, 0.3) is 0 Å². The summed E-state index contributed by atoms with van der Waals surface area (Å²) in [5.41, 5.74) is 0.726. The van der Waals surface area contributed by atoms with E-state index in [4.69, 9.17) is 4.74 Å². The summed E-state index contributed by atoms with van der Waals surface area (Å²) in [6.07, 6.45) is 0. The van der Waals surface area contributed by atoms with Gasteiger partial charge in [-0.15, -0.1) is 0 Å². The van der Waals surface area contributed by atoms with E-state index >= 15 is 0 Å². The van der Waals surface area contributed by atoms with Crippen LogP contribution in [0.1, 0.15) is 10.4 Å². The van der Waals surface area contributed by atoms with Gasteiger partial charge in [0.1, 0.15) is 11.5 Å². The number of hydrogen-bond acceptors (Lipinski definition) is 4. The van der Waals surface area contributed by atoms with Gasteiger partial charge in [-0.3, -0.25) is 9.52 Å². The number of carbonyl (C=O) groups is 1. The minimum Gasteiger partial charge on any atom is -0.497 e. The number of rotatable bonds is 6. The first kappa shape index (κ1) is 15.1. The van der Waals surface area contributed by atoms with Crippen molar-refractivity contribution in [1.82, 2.24) is 0 Å². The Morgan fingerprint density at radius 3 is 2.48 bits per heavy atom. The number of Topliss-reactive ketones (excluding diaryl/α,β-unsaturated/α-hetero) is 1. The van der Waals surface area contributed by atoms with Crippen LogP contribution in [0.3, 0.4) is 0 Å². The Balaban J connectivity index is 2.10. The predicted octanol–water partition coefficient (Wildman–Crippen LogP) is 2.32. The summed E-state index contributed by atoms with van der Waals surface area (Å²) in [6, 6.07) is 14.8. The van der Waals surface area contributed by atoms with Crippen molar-refractivity contribution in [2.24, 2.45) is 0 Å². The van der Waals surface area contributed by atoms with E-state index in [1.165, 1.54) is 7.11 Å². The van der Waals surface area contributed by atoms with Crippen LogP contribution in [0.5, 0.6) is 5.75 Å². The number of anilines is 1. The molecule has 0 radical (unpaired) electrons. The van der Waals surface area contributed by atoms with Gasteiger partial charge in [0.15, 0.2) is 5.78 Å². The number of benzene rings is 2. The molecule has 0 fully saturated rings. The monoisotopic (exact) mass is 305 g/mol. The van der Waals surface area contributed by atoms with Crippen molar-refractivity contribution in [2.75, 3.05) is 17.6 Å². The number of hydrogen-bond donors (Lipinski definition) is 1. The molecule has 6 heteroatoms. The lowest BCUT2D eigenvalue weighted by atomic mass is 10.2. The van der Waals surface area contributed by atoms with Gasteiger partial charge in [0.05, 0.1) is 12.8 Å². The van der Waals surface area contributed by atoms with Gasteiger partial charge >= 0.3 is 0 Å². The van der Waals surface area contributed by atoms with Crippen LogP contribution in [0, 0.1) is 0 Å². The van der Waals surface area contributed by atoms with Crippen LogP contribution in [-0.4, -0.2) is 27.1 Å². The number of sulfonamides is 1. The van der Waals surface area contributed by atoms with Gasteiger partial charge in [-0.2, -0.15) is 0 Å². The zero-order chi connectivity index (χ0) is 15.3. The number of ketones is 1. The Bertz CT molecular complexity index is 726. The fraction of sp³-hybridized carbons (Fsp3) is 0.133. The van der Waals surface area contributed by atoms with E-state index in [9.17, 15) is 13.2 Å². The highest BCUT2D eigenvalue weighted by Gasteiger charge is 2.17. The molecule has 1 N–H and O–H groups in total. The standard InChI is InChI=1S/C15H15NO4S/c1-20-14-9-5-8-13(10-14)16-21(18,19)11-15(17)12-6-3-2-4-7-12/h2-10,16H,11H2,1H3. The SMILES string of the molecule is COc1cccc(NS(=O)(=O)CC(=O)c2ccccc2)c1. The summed E-state index contributed by atoms with van der Waals surface area (Å²) in [5, 5.41) is 0. The second-order valence-corrected chi connectivity index (χ2v) is 6.10. The Morgan fingerprint density at radius 2 is 1.81 bits per heavy atom. The van der Waals surface area contributed by atoms with Crippen molar-refractivity contribution in [3.63, 3.8) is 0 Å². The number of methoxy groups -OCH3 is 1. The van der Waals surface area contributed by atoms with Crippen molar-refractivity contribution >= 4 is 21.5 Å². The number of nitrogens with one attached hydrogen (secondary N) is 1. The Labute approximate surface area is 123 Å². The van der Waals surface area contributed by atoms with Gasteiger partial charge in [-0.05, 0) is 12.1 Å². The van der Waals surface area contributed by atoms with E-state index < -0.39 is 21.6 Å². The molecule has 2 rings (SSSR count). The second kappa shape index (κ2) is 6.41. The average molecular weight is 305 g/mol. The van der Waals surface area contributed by atoms with Crippen LogP contribution in [0.2, 0.25) is 0 Å². The predicted molar refractivity (Wildman–Crippen MR) is 81.2 cm³/mol. The molecule has 0 aliphatic rings. The molecule has 0 aliphatic carbocycles. The van der Waals surface area contributed by atoms with Gasteiger partial charge < -0.3 is 4.74 Å². The molecule has 0 aliphatic heterocycles. The van der Waals surface area contributed by atoms with Crippen molar-refractivity contribution < 1.29 is 17.9 Å². The third-order valence-electron chi connectivity index (χ3n) is 2.76. The van der Waals surface area contributed by atoms with Crippen molar-refractivity contribution in [2.45, 2.75) is 0 Å². The van der Waals surface area contributed by atoms with Crippen LogP contribution in [0.4, 0.5) is 5.69 Å². The molecule has 0 spiro atoms. The first-order valence-corrected chi connectivity index (χ1v) is 7.88. The van der Waals surface area contributed by atoms with Crippen LogP contribution in [-0.2, 0) is 10.0 Å². The molecule has 2 aromatic rings. The Morgan fingerprint density at radius 1 is 1.10 bits per heavy atom. The van der Waals surface area contributed by atoms with Crippen molar-refractivity contribution in [3.8, 4) is 5.75 Å². The van der Waals surface area contributed by atoms with Crippen molar-refractivity contribution in [1.29, 1.82) is 0 Å². The molecule has 5 nitrogen and oxygen atoms in total. The van der Waals surface area contributed by atoms with Crippen LogP contribution >= 0.6 is 0 Å². The molecule has 0 atom stereocenters. The molecule has 21 heavy (non-hydrogen) atoms. The molecule has 110 valence electrons. The highest BCUT2D eigenvalue weighted by molar-refractivity contribution is 7.93. The molecule has 2 aromatic carbocycles. The number of ether oxygens (including phenoxy) is 1. The van der Waals surface area contributed by atoms with E-state index in [-0.39, 0.29) is 0 Å². The van der Waals surface area contributed by atoms with Gasteiger partial charge in [-0.1, -0.05) is 36.4 Å². The van der Waals surface area contributed by atoms with Crippen LogP contribution < -0.4 is 9.46 Å². The molecule has 0 amide bonds. The fourth-order valence-electron chi connectivity index (χ4n) is 1.78. The molecule has 0 saturated carbocycles. The van der Waals surface area contributed by atoms with Gasteiger partial charge in [0, 0.05) is 11.6 Å².